The molecule has 0 fully saturated rings. The zero-order chi connectivity index (χ0) is 11.3. The van der Waals surface area contributed by atoms with Gasteiger partial charge in [0.25, 0.3) is 0 Å². The van der Waals surface area contributed by atoms with Crippen LogP contribution in [0.15, 0.2) is 24.3 Å². The lowest BCUT2D eigenvalue weighted by Gasteiger charge is -2.19. The average molecular weight is 272 g/mol. The number of nitrogens with zero attached hydrogens (tertiary/aromatic N) is 1. The van der Waals surface area contributed by atoms with Gasteiger partial charge in [-0.2, -0.15) is 0 Å². The van der Waals surface area contributed by atoms with Gasteiger partial charge < -0.3 is 9.64 Å². The Morgan fingerprint density at radius 2 is 2.13 bits per heavy atom. The predicted molar refractivity (Wildman–Crippen MR) is 64.8 cm³/mol. The minimum atomic E-state index is 0.0661. The molecule has 0 aliphatic heterocycles. The number of amides is 1. The molecule has 0 saturated carbocycles. The van der Waals surface area contributed by atoms with E-state index in [4.69, 9.17) is 4.74 Å². The van der Waals surface area contributed by atoms with Gasteiger partial charge in [0.05, 0.1) is 12.8 Å². The van der Waals surface area contributed by atoms with Crippen molar-refractivity contribution in [3.8, 4) is 5.75 Å². The molecule has 1 amide bonds. The fraction of sp³-hybridized carbons (Fsp3) is 0.364. The van der Waals surface area contributed by atoms with Crippen LogP contribution in [0.25, 0.3) is 0 Å². The molecule has 0 aliphatic rings. The van der Waals surface area contributed by atoms with Crippen LogP contribution in [0.3, 0.4) is 0 Å². The summed E-state index contributed by atoms with van der Waals surface area (Å²) in [6.45, 7) is 0. The van der Waals surface area contributed by atoms with Gasteiger partial charge in [-0.25, -0.2) is 0 Å². The summed E-state index contributed by atoms with van der Waals surface area (Å²) in [5, 5.41) is 0.672. The van der Waals surface area contributed by atoms with Crippen molar-refractivity contribution in [1.29, 1.82) is 0 Å². The van der Waals surface area contributed by atoms with Crippen LogP contribution >= 0.6 is 15.9 Å². The van der Waals surface area contributed by atoms with Crippen LogP contribution in [0, 0.1) is 0 Å². The van der Waals surface area contributed by atoms with Crippen LogP contribution in [0.5, 0.6) is 5.75 Å². The van der Waals surface area contributed by atoms with Crippen molar-refractivity contribution in [3.63, 3.8) is 0 Å². The van der Waals surface area contributed by atoms with E-state index in [0.717, 1.165) is 5.69 Å². The minimum Gasteiger partial charge on any atom is -0.495 e. The number of halogens is 1. The molecule has 15 heavy (non-hydrogen) atoms. The number of carbonyl (C=O) groups excluding carboxylic acids is 1. The Morgan fingerprint density at radius 1 is 1.47 bits per heavy atom. The quantitative estimate of drug-likeness (QED) is 0.788. The first-order valence-corrected chi connectivity index (χ1v) is 5.78. The summed E-state index contributed by atoms with van der Waals surface area (Å²) in [6, 6.07) is 7.47. The van der Waals surface area contributed by atoms with E-state index in [0.29, 0.717) is 17.5 Å². The van der Waals surface area contributed by atoms with E-state index in [2.05, 4.69) is 15.9 Å². The highest BCUT2D eigenvalue weighted by atomic mass is 79.9. The zero-order valence-electron chi connectivity index (χ0n) is 8.87. The van der Waals surface area contributed by atoms with Gasteiger partial charge >= 0.3 is 0 Å². The maximum Gasteiger partial charge on any atom is 0.227 e. The Balaban J connectivity index is 2.89. The molecule has 3 nitrogen and oxygen atoms in total. The van der Waals surface area contributed by atoms with Crippen molar-refractivity contribution >= 4 is 27.5 Å². The number of carbonyl (C=O) groups is 1. The summed E-state index contributed by atoms with van der Waals surface area (Å²) in [6.07, 6.45) is 0.481. The number of methoxy groups -OCH3 is 1. The summed E-state index contributed by atoms with van der Waals surface area (Å²) in [7, 11) is 3.35. The minimum absolute atomic E-state index is 0.0661. The molecular weight excluding hydrogens is 258 g/mol. The van der Waals surface area contributed by atoms with Crippen molar-refractivity contribution in [1.82, 2.24) is 0 Å². The first kappa shape index (κ1) is 12.0. The van der Waals surface area contributed by atoms with Crippen LogP contribution < -0.4 is 9.64 Å². The number of hydrogen-bond acceptors (Lipinski definition) is 2. The number of anilines is 1. The summed E-state index contributed by atoms with van der Waals surface area (Å²) in [4.78, 5) is 13.3. The molecule has 0 heterocycles. The third-order valence-electron chi connectivity index (χ3n) is 2.13. The Kier molecular flexibility index (Phi) is 4.62. The van der Waals surface area contributed by atoms with Crippen LogP contribution in [-0.2, 0) is 4.79 Å². The monoisotopic (exact) mass is 271 g/mol. The number of ether oxygens (including phenoxy) is 1. The second kappa shape index (κ2) is 5.75. The number of alkyl halides is 1. The highest BCUT2D eigenvalue weighted by molar-refractivity contribution is 9.09. The first-order chi connectivity index (χ1) is 7.20. The van der Waals surface area contributed by atoms with Crippen LogP contribution in [-0.4, -0.2) is 25.4 Å². The van der Waals surface area contributed by atoms with E-state index < -0.39 is 0 Å². The van der Waals surface area contributed by atoms with Crippen LogP contribution in [0.2, 0.25) is 0 Å². The van der Waals surface area contributed by atoms with E-state index in [1.165, 1.54) is 0 Å². The molecule has 0 bridgehead atoms. The molecule has 0 unspecified atom stereocenters. The van der Waals surface area contributed by atoms with Gasteiger partial charge in [0.1, 0.15) is 5.75 Å². The number of benzene rings is 1. The largest absolute Gasteiger partial charge is 0.495 e. The van der Waals surface area contributed by atoms with Gasteiger partial charge in [-0.15, -0.1) is 0 Å². The standard InChI is InChI=1S/C11H14BrNO2/c1-13(11(14)7-8-12)9-5-3-4-6-10(9)15-2/h3-6H,7-8H2,1-2H3. The third kappa shape index (κ3) is 2.96. The van der Waals surface area contributed by atoms with Gasteiger partial charge in [-0.1, -0.05) is 28.1 Å². The fourth-order valence-electron chi connectivity index (χ4n) is 1.29. The second-order valence-electron chi connectivity index (χ2n) is 3.06. The van der Waals surface area contributed by atoms with Crippen molar-refractivity contribution in [3.05, 3.63) is 24.3 Å². The lowest BCUT2D eigenvalue weighted by molar-refractivity contribution is -0.117. The molecule has 82 valence electrons. The smallest absolute Gasteiger partial charge is 0.227 e. The number of para-hydroxylation sites is 2. The predicted octanol–water partition coefficient (Wildman–Crippen LogP) is 2.44. The van der Waals surface area contributed by atoms with Gasteiger partial charge in [-0.05, 0) is 12.1 Å². The van der Waals surface area contributed by atoms with Crippen molar-refractivity contribution in [2.75, 3.05) is 24.4 Å². The summed E-state index contributed by atoms with van der Waals surface area (Å²) >= 11 is 3.25. The van der Waals surface area contributed by atoms with Gasteiger partial charge in [0.15, 0.2) is 0 Å². The highest BCUT2D eigenvalue weighted by Gasteiger charge is 2.13. The Hall–Kier alpha value is -1.03. The molecule has 0 spiro atoms. The molecular formula is C11H14BrNO2. The molecule has 4 heteroatoms. The maximum absolute atomic E-state index is 11.7. The van der Waals surface area contributed by atoms with E-state index >= 15 is 0 Å². The van der Waals surface area contributed by atoms with Crippen molar-refractivity contribution < 1.29 is 9.53 Å². The van der Waals surface area contributed by atoms with E-state index in [-0.39, 0.29) is 5.91 Å². The number of rotatable bonds is 4. The summed E-state index contributed by atoms with van der Waals surface area (Å²) < 4.78 is 5.19. The van der Waals surface area contributed by atoms with Crippen molar-refractivity contribution in [2.24, 2.45) is 0 Å². The molecule has 0 radical (unpaired) electrons. The van der Waals surface area contributed by atoms with Crippen LogP contribution in [0.4, 0.5) is 5.69 Å². The molecule has 0 saturated heterocycles. The molecule has 1 aromatic carbocycles. The Bertz CT molecular complexity index is 341. The molecule has 0 aliphatic carbocycles. The lowest BCUT2D eigenvalue weighted by Crippen LogP contribution is -2.26. The molecule has 1 aromatic rings. The highest BCUT2D eigenvalue weighted by Crippen LogP contribution is 2.26. The van der Waals surface area contributed by atoms with E-state index in [1.807, 2.05) is 24.3 Å². The van der Waals surface area contributed by atoms with Gasteiger partial charge in [-0.3, -0.25) is 4.79 Å². The lowest BCUT2D eigenvalue weighted by atomic mass is 10.2. The fourth-order valence-corrected chi connectivity index (χ4v) is 1.63. The molecule has 1 rings (SSSR count). The van der Waals surface area contributed by atoms with Crippen molar-refractivity contribution in [2.45, 2.75) is 6.42 Å². The molecule has 0 aromatic heterocycles. The average Bonchev–Trinajstić information content (AvgIpc) is 2.28. The van der Waals surface area contributed by atoms with E-state index in [9.17, 15) is 4.79 Å². The molecule has 0 N–H and O–H groups in total. The number of hydrogen-bond donors (Lipinski definition) is 0. The maximum atomic E-state index is 11.7. The zero-order valence-corrected chi connectivity index (χ0v) is 10.5. The summed E-state index contributed by atoms with van der Waals surface area (Å²) in [5.41, 5.74) is 0.797. The SMILES string of the molecule is COc1ccccc1N(C)C(=O)CCBr. The Labute approximate surface area is 98.2 Å². The first-order valence-electron chi connectivity index (χ1n) is 4.66. The van der Waals surface area contributed by atoms with Gasteiger partial charge in [0, 0.05) is 18.8 Å². The van der Waals surface area contributed by atoms with Crippen LogP contribution in [0.1, 0.15) is 6.42 Å². The normalized spacial score (nSPS) is 9.80. The second-order valence-corrected chi connectivity index (χ2v) is 3.86. The summed E-state index contributed by atoms with van der Waals surface area (Å²) in [5.74, 6) is 0.777. The van der Waals surface area contributed by atoms with Gasteiger partial charge in [0.2, 0.25) is 5.91 Å². The third-order valence-corrected chi connectivity index (χ3v) is 2.53. The molecule has 0 atom stereocenters. The Morgan fingerprint density at radius 3 is 2.73 bits per heavy atom. The van der Waals surface area contributed by atoms with E-state index in [1.54, 1.807) is 19.1 Å². The topological polar surface area (TPSA) is 29.5 Å².